The van der Waals surface area contributed by atoms with Gasteiger partial charge in [-0.25, -0.2) is 0 Å². The SMILES string of the molecule is C=Cc1cc(C)c(=O)n(C)c1. The first kappa shape index (κ1) is 7.79. The Balaban J connectivity index is 3.43. The molecule has 0 aromatic carbocycles. The number of hydrogen-bond donors (Lipinski definition) is 0. The summed E-state index contributed by atoms with van der Waals surface area (Å²) in [6.45, 7) is 5.43. The predicted molar refractivity (Wildman–Crippen MR) is 46.5 cm³/mol. The number of hydrogen-bond acceptors (Lipinski definition) is 1. The van der Waals surface area contributed by atoms with Crippen LogP contribution in [-0.4, -0.2) is 4.57 Å². The van der Waals surface area contributed by atoms with Gasteiger partial charge in [0.05, 0.1) is 0 Å². The molecule has 0 N–H and O–H groups in total. The maximum absolute atomic E-state index is 11.2. The minimum Gasteiger partial charge on any atom is -0.318 e. The van der Waals surface area contributed by atoms with Crippen LogP contribution in [0.5, 0.6) is 0 Å². The summed E-state index contributed by atoms with van der Waals surface area (Å²) in [6, 6.07) is 1.83. The molecule has 0 aliphatic rings. The van der Waals surface area contributed by atoms with Crippen molar-refractivity contribution in [1.29, 1.82) is 0 Å². The lowest BCUT2D eigenvalue weighted by Crippen LogP contribution is -2.18. The Labute approximate surface area is 65.8 Å². The second kappa shape index (κ2) is 2.74. The van der Waals surface area contributed by atoms with Crippen LogP contribution in [0.1, 0.15) is 11.1 Å². The van der Waals surface area contributed by atoms with Gasteiger partial charge in [-0.1, -0.05) is 12.7 Å². The van der Waals surface area contributed by atoms with E-state index in [4.69, 9.17) is 0 Å². The molecule has 58 valence electrons. The van der Waals surface area contributed by atoms with Gasteiger partial charge in [-0.15, -0.1) is 0 Å². The second-order valence-electron chi connectivity index (χ2n) is 2.58. The van der Waals surface area contributed by atoms with E-state index in [9.17, 15) is 4.79 Å². The Morgan fingerprint density at radius 2 is 2.27 bits per heavy atom. The van der Waals surface area contributed by atoms with Crippen LogP contribution in [0, 0.1) is 6.92 Å². The number of aromatic nitrogens is 1. The lowest BCUT2D eigenvalue weighted by atomic mass is 10.2. The van der Waals surface area contributed by atoms with E-state index in [0.29, 0.717) is 0 Å². The van der Waals surface area contributed by atoms with Gasteiger partial charge in [0.2, 0.25) is 0 Å². The molecule has 0 unspecified atom stereocenters. The van der Waals surface area contributed by atoms with Gasteiger partial charge >= 0.3 is 0 Å². The second-order valence-corrected chi connectivity index (χ2v) is 2.58. The van der Waals surface area contributed by atoms with Gasteiger partial charge in [-0.05, 0) is 18.6 Å². The molecular formula is C9H11NO. The minimum atomic E-state index is 0.0515. The summed E-state index contributed by atoms with van der Waals surface area (Å²) in [5, 5.41) is 0. The zero-order chi connectivity index (χ0) is 8.43. The van der Waals surface area contributed by atoms with E-state index >= 15 is 0 Å². The molecule has 1 aromatic heterocycles. The first-order valence-electron chi connectivity index (χ1n) is 3.45. The Kier molecular flexibility index (Phi) is 1.94. The van der Waals surface area contributed by atoms with Crippen LogP contribution in [0.4, 0.5) is 0 Å². The Morgan fingerprint density at radius 3 is 2.73 bits per heavy atom. The highest BCUT2D eigenvalue weighted by Gasteiger charge is 1.95. The molecule has 2 heteroatoms. The highest BCUT2D eigenvalue weighted by Crippen LogP contribution is 1.99. The van der Waals surface area contributed by atoms with Crippen molar-refractivity contribution >= 4 is 6.08 Å². The summed E-state index contributed by atoms with van der Waals surface area (Å²) in [6.07, 6.45) is 3.49. The van der Waals surface area contributed by atoms with Crippen LogP contribution < -0.4 is 5.56 Å². The molecule has 1 heterocycles. The van der Waals surface area contributed by atoms with E-state index in [1.807, 2.05) is 6.07 Å². The van der Waals surface area contributed by atoms with Gasteiger partial charge < -0.3 is 4.57 Å². The molecule has 0 fully saturated rings. The van der Waals surface area contributed by atoms with E-state index in [1.165, 1.54) is 0 Å². The largest absolute Gasteiger partial charge is 0.318 e. The van der Waals surface area contributed by atoms with Crippen LogP contribution in [0.25, 0.3) is 6.08 Å². The van der Waals surface area contributed by atoms with Gasteiger partial charge in [-0.3, -0.25) is 4.79 Å². The summed E-state index contributed by atoms with van der Waals surface area (Å²) < 4.78 is 1.56. The summed E-state index contributed by atoms with van der Waals surface area (Å²) in [5.41, 5.74) is 1.78. The summed E-state index contributed by atoms with van der Waals surface area (Å²) >= 11 is 0. The van der Waals surface area contributed by atoms with Crippen LogP contribution in [0.2, 0.25) is 0 Å². The molecule has 0 saturated heterocycles. The third-order valence-corrected chi connectivity index (χ3v) is 1.62. The zero-order valence-electron chi connectivity index (χ0n) is 6.79. The smallest absolute Gasteiger partial charge is 0.253 e. The van der Waals surface area contributed by atoms with E-state index < -0.39 is 0 Å². The molecule has 0 aliphatic heterocycles. The lowest BCUT2D eigenvalue weighted by molar-refractivity contribution is 0.846. The molecule has 0 radical (unpaired) electrons. The lowest BCUT2D eigenvalue weighted by Gasteiger charge is -2.00. The first-order chi connectivity index (χ1) is 5.15. The van der Waals surface area contributed by atoms with Crippen molar-refractivity contribution in [2.24, 2.45) is 7.05 Å². The monoisotopic (exact) mass is 149 g/mol. The van der Waals surface area contributed by atoms with Crippen molar-refractivity contribution in [3.05, 3.63) is 40.3 Å². The number of aryl methyl sites for hydroxylation is 2. The number of rotatable bonds is 1. The maximum Gasteiger partial charge on any atom is 0.253 e. The van der Waals surface area contributed by atoms with E-state index in [2.05, 4.69) is 6.58 Å². The average Bonchev–Trinajstić information content (AvgIpc) is 1.99. The fourth-order valence-electron chi connectivity index (χ4n) is 1.02. The van der Waals surface area contributed by atoms with Crippen molar-refractivity contribution < 1.29 is 0 Å². The van der Waals surface area contributed by atoms with E-state index in [-0.39, 0.29) is 5.56 Å². The molecule has 1 aromatic rings. The minimum absolute atomic E-state index is 0.0515. The molecular weight excluding hydrogens is 138 g/mol. The first-order valence-corrected chi connectivity index (χ1v) is 3.45. The fourth-order valence-corrected chi connectivity index (χ4v) is 1.02. The number of pyridine rings is 1. The number of nitrogens with zero attached hydrogens (tertiary/aromatic N) is 1. The molecule has 0 spiro atoms. The van der Waals surface area contributed by atoms with Gasteiger partial charge in [0.1, 0.15) is 0 Å². The average molecular weight is 149 g/mol. The van der Waals surface area contributed by atoms with E-state index in [1.54, 1.807) is 30.8 Å². The van der Waals surface area contributed by atoms with Gasteiger partial charge in [-0.2, -0.15) is 0 Å². The van der Waals surface area contributed by atoms with Crippen molar-refractivity contribution in [1.82, 2.24) is 4.57 Å². The van der Waals surface area contributed by atoms with Gasteiger partial charge in [0.25, 0.3) is 5.56 Å². The third-order valence-electron chi connectivity index (χ3n) is 1.62. The Hall–Kier alpha value is -1.31. The highest BCUT2D eigenvalue weighted by atomic mass is 16.1. The molecule has 1 rings (SSSR count). The quantitative estimate of drug-likeness (QED) is 0.590. The molecule has 0 aliphatic carbocycles. The van der Waals surface area contributed by atoms with Gasteiger partial charge in [0.15, 0.2) is 0 Å². The van der Waals surface area contributed by atoms with Crippen molar-refractivity contribution in [3.63, 3.8) is 0 Å². The zero-order valence-corrected chi connectivity index (χ0v) is 6.79. The van der Waals surface area contributed by atoms with E-state index in [0.717, 1.165) is 11.1 Å². The normalized spacial score (nSPS) is 9.64. The van der Waals surface area contributed by atoms with Crippen LogP contribution >= 0.6 is 0 Å². The van der Waals surface area contributed by atoms with Gasteiger partial charge in [0, 0.05) is 18.8 Å². The standard InChI is InChI=1S/C9H11NO/c1-4-8-5-7(2)9(11)10(3)6-8/h4-6H,1H2,2-3H3. The predicted octanol–water partition coefficient (Wildman–Crippen LogP) is 1.34. The summed E-state index contributed by atoms with van der Waals surface area (Å²) in [7, 11) is 1.74. The van der Waals surface area contributed by atoms with Crippen LogP contribution in [0.15, 0.2) is 23.6 Å². The summed E-state index contributed by atoms with van der Waals surface area (Å²) in [4.78, 5) is 11.2. The molecule has 0 bridgehead atoms. The Morgan fingerprint density at radius 1 is 1.64 bits per heavy atom. The van der Waals surface area contributed by atoms with Crippen molar-refractivity contribution in [2.45, 2.75) is 6.92 Å². The molecule has 0 saturated carbocycles. The molecule has 0 amide bonds. The maximum atomic E-state index is 11.2. The topological polar surface area (TPSA) is 22.0 Å². The highest BCUT2D eigenvalue weighted by molar-refractivity contribution is 5.46. The molecule has 11 heavy (non-hydrogen) atoms. The summed E-state index contributed by atoms with van der Waals surface area (Å²) in [5.74, 6) is 0. The Bertz CT molecular complexity index is 310. The molecule has 2 nitrogen and oxygen atoms in total. The van der Waals surface area contributed by atoms with Crippen molar-refractivity contribution in [3.8, 4) is 0 Å². The van der Waals surface area contributed by atoms with Crippen LogP contribution in [0.3, 0.4) is 0 Å². The van der Waals surface area contributed by atoms with Crippen molar-refractivity contribution in [2.75, 3.05) is 0 Å². The fraction of sp³-hybridized carbons (Fsp3) is 0.222. The molecule has 0 atom stereocenters. The third kappa shape index (κ3) is 1.40. The van der Waals surface area contributed by atoms with Crippen LogP contribution in [-0.2, 0) is 7.05 Å².